The van der Waals surface area contributed by atoms with E-state index in [-0.39, 0.29) is 0 Å². The predicted octanol–water partition coefficient (Wildman–Crippen LogP) is 2.20. The van der Waals surface area contributed by atoms with Crippen LogP contribution in [-0.2, 0) is 13.0 Å². The molecule has 3 heterocycles. The maximum absolute atomic E-state index is 5.88. The normalized spacial score (nSPS) is 10.2. The van der Waals surface area contributed by atoms with Crippen molar-refractivity contribution < 1.29 is 0 Å². The van der Waals surface area contributed by atoms with Gasteiger partial charge in [-0.25, -0.2) is 15.0 Å². The summed E-state index contributed by atoms with van der Waals surface area (Å²) in [6.45, 7) is 5.06. The number of rotatable bonds is 5. The Labute approximate surface area is 139 Å². The molecule has 23 heavy (non-hydrogen) atoms. The number of aromatic nitrogens is 4. The van der Waals surface area contributed by atoms with E-state index in [1.54, 1.807) is 12.3 Å². The molecule has 8 heteroatoms. The van der Waals surface area contributed by atoms with Gasteiger partial charge in [0.1, 0.15) is 16.7 Å². The molecule has 0 aliphatic rings. The first kappa shape index (κ1) is 17.0. The first-order chi connectivity index (χ1) is 11.3. The summed E-state index contributed by atoms with van der Waals surface area (Å²) in [5.41, 5.74) is 13.6. The van der Waals surface area contributed by atoms with Gasteiger partial charge in [0, 0.05) is 12.6 Å². The molecule has 0 spiro atoms. The van der Waals surface area contributed by atoms with Gasteiger partial charge in [-0.15, -0.1) is 0 Å². The summed E-state index contributed by atoms with van der Waals surface area (Å²) in [6.07, 6.45) is 3.98. The maximum Gasteiger partial charge on any atom is 0.157 e. The van der Waals surface area contributed by atoms with E-state index in [1.807, 2.05) is 19.9 Å². The Kier molecular flexibility index (Phi) is 6.19. The monoisotopic (exact) mass is 331 g/mol. The largest absolute Gasteiger partial charge is 0.397 e. The van der Waals surface area contributed by atoms with Crippen LogP contribution in [0.25, 0.3) is 10.3 Å². The maximum atomic E-state index is 5.88. The lowest BCUT2D eigenvalue weighted by molar-refractivity contribution is 0.956. The summed E-state index contributed by atoms with van der Waals surface area (Å²) in [7, 11) is 0. The highest BCUT2D eigenvalue weighted by molar-refractivity contribution is 7.18. The zero-order valence-electron chi connectivity index (χ0n) is 13.3. The molecule has 0 radical (unpaired) electrons. The molecule has 122 valence electrons. The minimum atomic E-state index is 0.489. The number of fused-ring (bicyclic) bond motifs is 1. The summed E-state index contributed by atoms with van der Waals surface area (Å²) in [5.74, 6) is 0.685. The second-order valence-electron chi connectivity index (χ2n) is 4.42. The average Bonchev–Trinajstić information content (AvgIpc) is 2.99. The Morgan fingerprint density at radius 2 is 2.04 bits per heavy atom. The first-order valence-electron chi connectivity index (χ1n) is 7.51. The summed E-state index contributed by atoms with van der Waals surface area (Å²) < 4.78 is 0. The number of thiazole rings is 1. The van der Waals surface area contributed by atoms with E-state index in [0.29, 0.717) is 24.6 Å². The van der Waals surface area contributed by atoms with Crippen LogP contribution in [0.15, 0.2) is 24.7 Å². The third-order valence-corrected chi connectivity index (χ3v) is 3.97. The molecule has 0 unspecified atom stereocenters. The molecular weight excluding hydrogens is 310 g/mol. The number of hydrogen-bond donors (Lipinski definition) is 3. The standard InChI is InChI=1S/C13H15N7S.C2H6/c14-4-3-10-20-11-12(18-7-19-13(11)21-10)17-6-9-8(15)2-1-5-16-9;1-2/h1-2,5,7H,3-4,6,14-15H2,(H,17,18,19);1-2H3. The zero-order chi connectivity index (χ0) is 16.7. The van der Waals surface area contributed by atoms with E-state index in [9.17, 15) is 0 Å². The van der Waals surface area contributed by atoms with Crippen LogP contribution in [0.1, 0.15) is 24.5 Å². The van der Waals surface area contributed by atoms with Crippen molar-refractivity contribution in [2.24, 2.45) is 5.73 Å². The summed E-state index contributed by atoms with van der Waals surface area (Å²) in [4.78, 5) is 18.1. The number of anilines is 2. The molecule has 0 bridgehead atoms. The fourth-order valence-corrected chi connectivity index (χ4v) is 2.84. The van der Waals surface area contributed by atoms with Gasteiger partial charge < -0.3 is 16.8 Å². The average molecular weight is 331 g/mol. The summed E-state index contributed by atoms with van der Waals surface area (Å²) >= 11 is 1.54. The molecule has 0 fully saturated rings. The van der Waals surface area contributed by atoms with Crippen LogP contribution >= 0.6 is 11.3 Å². The molecule has 3 aromatic rings. The highest BCUT2D eigenvalue weighted by Gasteiger charge is 2.10. The van der Waals surface area contributed by atoms with Crippen LogP contribution < -0.4 is 16.8 Å². The van der Waals surface area contributed by atoms with Crippen LogP contribution in [0.5, 0.6) is 0 Å². The van der Waals surface area contributed by atoms with Crippen molar-refractivity contribution >= 4 is 33.2 Å². The molecule has 3 aromatic heterocycles. The van der Waals surface area contributed by atoms with Gasteiger partial charge in [0.25, 0.3) is 0 Å². The van der Waals surface area contributed by atoms with E-state index in [0.717, 1.165) is 27.5 Å². The Hall–Kier alpha value is -2.32. The van der Waals surface area contributed by atoms with Crippen molar-refractivity contribution in [2.45, 2.75) is 26.8 Å². The summed E-state index contributed by atoms with van der Waals surface area (Å²) in [6, 6.07) is 3.63. The van der Waals surface area contributed by atoms with Crippen molar-refractivity contribution in [1.82, 2.24) is 19.9 Å². The second kappa shape index (κ2) is 8.35. The van der Waals surface area contributed by atoms with Gasteiger partial charge in [0.05, 0.1) is 22.9 Å². The number of pyridine rings is 1. The Morgan fingerprint density at radius 1 is 1.22 bits per heavy atom. The quantitative estimate of drug-likeness (QED) is 0.656. The lowest BCUT2D eigenvalue weighted by Gasteiger charge is -2.07. The van der Waals surface area contributed by atoms with Gasteiger partial charge in [-0.05, 0) is 18.7 Å². The molecule has 0 atom stereocenters. The van der Waals surface area contributed by atoms with E-state index >= 15 is 0 Å². The Balaban J connectivity index is 0.000000924. The van der Waals surface area contributed by atoms with Crippen LogP contribution in [-0.4, -0.2) is 26.5 Å². The number of nitrogen functional groups attached to an aromatic ring is 1. The molecule has 5 N–H and O–H groups in total. The van der Waals surface area contributed by atoms with Crippen LogP contribution in [0.2, 0.25) is 0 Å². The van der Waals surface area contributed by atoms with E-state index in [1.165, 1.54) is 17.7 Å². The minimum absolute atomic E-state index is 0.489. The van der Waals surface area contributed by atoms with Gasteiger partial charge in [0.15, 0.2) is 5.82 Å². The number of hydrogen-bond acceptors (Lipinski definition) is 8. The van der Waals surface area contributed by atoms with E-state index in [2.05, 4.69) is 25.3 Å². The zero-order valence-corrected chi connectivity index (χ0v) is 14.1. The van der Waals surface area contributed by atoms with Crippen molar-refractivity contribution in [1.29, 1.82) is 0 Å². The lowest BCUT2D eigenvalue weighted by atomic mass is 10.3. The molecule has 3 rings (SSSR count). The number of nitrogens with one attached hydrogen (secondary N) is 1. The molecule has 0 saturated carbocycles. The molecule has 0 saturated heterocycles. The Morgan fingerprint density at radius 3 is 2.78 bits per heavy atom. The number of nitrogens with zero attached hydrogens (tertiary/aromatic N) is 4. The highest BCUT2D eigenvalue weighted by Crippen LogP contribution is 2.25. The Bertz CT molecular complexity index is 756. The number of nitrogens with two attached hydrogens (primary N) is 2. The van der Waals surface area contributed by atoms with E-state index < -0.39 is 0 Å². The summed E-state index contributed by atoms with van der Waals surface area (Å²) in [5, 5.41) is 4.19. The lowest BCUT2D eigenvalue weighted by Crippen LogP contribution is -2.06. The van der Waals surface area contributed by atoms with Crippen molar-refractivity contribution in [3.63, 3.8) is 0 Å². The van der Waals surface area contributed by atoms with Gasteiger partial charge in [-0.1, -0.05) is 25.2 Å². The fraction of sp³-hybridized carbons (Fsp3) is 0.333. The SMILES string of the molecule is CC.NCCc1nc2c(NCc3ncccc3N)ncnc2s1. The first-order valence-corrected chi connectivity index (χ1v) is 8.33. The third-order valence-electron chi connectivity index (χ3n) is 2.95. The molecule has 7 nitrogen and oxygen atoms in total. The topological polar surface area (TPSA) is 116 Å². The van der Waals surface area contributed by atoms with Crippen molar-refractivity contribution in [3.8, 4) is 0 Å². The van der Waals surface area contributed by atoms with Crippen LogP contribution in [0, 0.1) is 0 Å². The van der Waals surface area contributed by atoms with Crippen molar-refractivity contribution in [3.05, 3.63) is 35.4 Å². The van der Waals surface area contributed by atoms with Gasteiger partial charge in [-0.2, -0.15) is 0 Å². The molecule has 0 aliphatic heterocycles. The fourth-order valence-electron chi connectivity index (χ4n) is 1.92. The molecule has 0 aliphatic carbocycles. The molecule has 0 amide bonds. The second-order valence-corrected chi connectivity index (χ2v) is 5.48. The van der Waals surface area contributed by atoms with Crippen LogP contribution in [0.3, 0.4) is 0 Å². The molecular formula is C15H21N7S. The van der Waals surface area contributed by atoms with Crippen LogP contribution in [0.4, 0.5) is 11.5 Å². The van der Waals surface area contributed by atoms with E-state index in [4.69, 9.17) is 11.5 Å². The predicted molar refractivity (Wildman–Crippen MR) is 95.3 cm³/mol. The molecule has 0 aromatic carbocycles. The highest BCUT2D eigenvalue weighted by atomic mass is 32.1. The minimum Gasteiger partial charge on any atom is -0.397 e. The van der Waals surface area contributed by atoms with Crippen molar-refractivity contribution in [2.75, 3.05) is 17.6 Å². The van der Waals surface area contributed by atoms with Gasteiger partial charge >= 0.3 is 0 Å². The van der Waals surface area contributed by atoms with Gasteiger partial charge in [0.2, 0.25) is 0 Å². The smallest absolute Gasteiger partial charge is 0.157 e. The third kappa shape index (κ3) is 4.11. The van der Waals surface area contributed by atoms with Gasteiger partial charge in [-0.3, -0.25) is 4.98 Å².